The molecule has 2 N–H and O–H groups in total. The molecule has 1 aromatic carbocycles. The summed E-state index contributed by atoms with van der Waals surface area (Å²) < 4.78 is 5.99. The van der Waals surface area contributed by atoms with Crippen molar-refractivity contribution in [1.29, 1.82) is 0 Å². The number of halogens is 2. The van der Waals surface area contributed by atoms with Gasteiger partial charge in [0.25, 0.3) is 5.91 Å². The van der Waals surface area contributed by atoms with Crippen LogP contribution in [0.4, 0.5) is 0 Å². The second-order valence-corrected chi connectivity index (χ2v) is 5.69. The Morgan fingerprint density at radius 2 is 2.26 bits per heavy atom. The van der Waals surface area contributed by atoms with Gasteiger partial charge in [-0.2, -0.15) is 0 Å². The summed E-state index contributed by atoms with van der Waals surface area (Å²) in [7, 11) is 1.50. The molecular weight excluding hydrogens is 381 g/mol. The molecule has 0 fully saturated rings. The molecule has 1 atom stereocenters. The number of rotatable bonds is 6. The van der Waals surface area contributed by atoms with Gasteiger partial charge in [-0.25, -0.2) is 0 Å². The molecule has 0 heterocycles. The lowest BCUT2D eigenvalue weighted by Crippen LogP contribution is -2.32. The van der Waals surface area contributed by atoms with Crippen LogP contribution in [-0.4, -0.2) is 30.8 Å². The lowest BCUT2D eigenvalue weighted by Gasteiger charge is -2.13. The number of methoxy groups -OCH3 is 1. The molecule has 0 aliphatic carbocycles. The van der Waals surface area contributed by atoms with Crippen molar-refractivity contribution in [1.82, 2.24) is 5.32 Å². The van der Waals surface area contributed by atoms with E-state index in [2.05, 4.69) is 27.9 Å². The molecule has 1 amide bonds. The molecule has 1 aromatic rings. The minimum atomic E-state index is -0.528. The third-order valence-electron chi connectivity index (χ3n) is 2.61. The molecule has 4 nitrogen and oxygen atoms in total. The van der Waals surface area contributed by atoms with Gasteiger partial charge in [0.1, 0.15) is 5.75 Å². The Labute approximate surface area is 131 Å². The minimum Gasteiger partial charge on any atom is -0.496 e. The molecular formula is C13H17ClINO3. The molecule has 1 rings (SSSR count). The van der Waals surface area contributed by atoms with Crippen molar-refractivity contribution in [3.63, 3.8) is 0 Å². The predicted molar refractivity (Wildman–Crippen MR) is 84.0 cm³/mol. The lowest BCUT2D eigenvalue weighted by molar-refractivity contribution is 0.0907. The molecule has 1 unspecified atom stereocenters. The van der Waals surface area contributed by atoms with Crippen molar-refractivity contribution >= 4 is 40.1 Å². The number of aliphatic hydroxyl groups excluding tert-OH is 1. The Bertz CT molecular complexity index is 454. The predicted octanol–water partition coefficient (Wildman–Crippen LogP) is 2.84. The quantitative estimate of drug-likeness (QED) is 0.726. The van der Waals surface area contributed by atoms with Crippen molar-refractivity contribution in [3.8, 4) is 5.75 Å². The van der Waals surface area contributed by atoms with Gasteiger partial charge in [0.15, 0.2) is 0 Å². The summed E-state index contributed by atoms with van der Waals surface area (Å²) in [5, 5.41) is 12.8. The fraction of sp³-hybridized carbons (Fsp3) is 0.462. The SMILES string of the molecule is CCCC(O)CNC(=O)c1cc(Cl)c(I)cc1OC. The Morgan fingerprint density at radius 3 is 2.84 bits per heavy atom. The smallest absolute Gasteiger partial charge is 0.255 e. The highest BCUT2D eigenvalue weighted by Crippen LogP contribution is 2.28. The van der Waals surface area contributed by atoms with E-state index < -0.39 is 6.10 Å². The van der Waals surface area contributed by atoms with Crippen LogP contribution in [0.2, 0.25) is 5.02 Å². The summed E-state index contributed by atoms with van der Waals surface area (Å²) in [5.74, 6) is 0.168. The number of carbonyl (C=O) groups is 1. The first-order chi connectivity index (χ1) is 8.99. The summed E-state index contributed by atoms with van der Waals surface area (Å²) in [6, 6.07) is 3.28. The monoisotopic (exact) mass is 397 g/mol. The van der Waals surface area contributed by atoms with Crippen LogP contribution in [0.5, 0.6) is 5.75 Å². The second kappa shape index (κ2) is 7.91. The van der Waals surface area contributed by atoms with E-state index in [0.29, 0.717) is 22.8 Å². The summed E-state index contributed by atoms with van der Waals surface area (Å²) in [4.78, 5) is 12.0. The molecule has 0 aliphatic heterocycles. The van der Waals surface area contributed by atoms with Gasteiger partial charge in [0, 0.05) is 10.1 Å². The summed E-state index contributed by atoms with van der Waals surface area (Å²) >= 11 is 8.08. The van der Waals surface area contributed by atoms with Gasteiger partial charge in [-0.05, 0) is 41.1 Å². The molecule has 19 heavy (non-hydrogen) atoms. The highest BCUT2D eigenvalue weighted by molar-refractivity contribution is 14.1. The first-order valence-corrected chi connectivity index (χ1v) is 7.44. The third-order valence-corrected chi connectivity index (χ3v) is 4.13. The van der Waals surface area contributed by atoms with Gasteiger partial charge in [0.2, 0.25) is 0 Å². The lowest BCUT2D eigenvalue weighted by atomic mass is 10.1. The van der Waals surface area contributed by atoms with Crippen LogP contribution in [0.25, 0.3) is 0 Å². The number of carbonyl (C=O) groups excluding carboxylic acids is 1. The van der Waals surface area contributed by atoms with Crippen molar-refractivity contribution in [2.75, 3.05) is 13.7 Å². The van der Waals surface area contributed by atoms with Crippen LogP contribution in [-0.2, 0) is 0 Å². The van der Waals surface area contributed by atoms with Crippen molar-refractivity contribution in [2.24, 2.45) is 0 Å². The van der Waals surface area contributed by atoms with Gasteiger partial charge in [-0.3, -0.25) is 4.79 Å². The van der Waals surface area contributed by atoms with E-state index in [1.165, 1.54) is 7.11 Å². The average molecular weight is 398 g/mol. The van der Waals surface area contributed by atoms with Crippen molar-refractivity contribution < 1.29 is 14.6 Å². The van der Waals surface area contributed by atoms with E-state index in [1.807, 2.05) is 6.92 Å². The largest absolute Gasteiger partial charge is 0.496 e. The number of ether oxygens (including phenoxy) is 1. The minimum absolute atomic E-state index is 0.222. The summed E-state index contributed by atoms with van der Waals surface area (Å²) in [5.41, 5.74) is 0.372. The molecule has 0 radical (unpaired) electrons. The number of amides is 1. The maximum atomic E-state index is 12.0. The van der Waals surface area contributed by atoms with Gasteiger partial charge in [-0.15, -0.1) is 0 Å². The molecule has 6 heteroatoms. The third kappa shape index (κ3) is 4.81. The van der Waals surface area contributed by atoms with E-state index in [4.69, 9.17) is 16.3 Å². The fourth-order valence-corrected chi connectivity index (χ4v) is 2.22. The van der Waals surface area contributed by atoms with E-state index >= 15 is 0 Å². The summed E-state index contributed by atoms with van der Waals surface area (Å²) in [6.45, 7) is 2.20. The normalized spacial score (nSPS) is 12.1. The Morgan fingerprint density at radius 1 is 1.58 bits per heavy atom. The van der Waals surface area contributed by atoms with Crippen LogP contribution in [0.3, 0.4) is 0 Å². The van der Waals surface area contributed by atoms with E-state index in [9.17, 15) is 9.90 Å². The van der Waals surface area contributed by atoms with Crippen molar-refractivity contribution in [3.05, 3.63) is 26.3 Å². The number of hydrogen-bond donors (Lipinski definition) is 2. The Kier molecular flexibility index (Phi) is 6.88. The molecule has 0 spiro atoms. The maximum absolute atomic E-state index is 12.0. The van der Waals surface area contributed by atoms with Gasteiger partial charge in [0.05, 0.1) is 23.8 Å². The van der Waals surface area contributed by atoms with Crippen molar-refractivity contribution in [2.45, 2.75) is 25.9 Å². The number of hydrogen-bond acceptors (Lipinski definition) is 3. The van der Waals surface area contributed by atoms with E-state index in [1.54, 1.807) is 12.1 Å². The number of nitrogens with one attached hydrogen (secondary N) is 1. The topological polar surface area (TPSA) is 58.6 Å². The van der Waals surface area contributed by atoms with Gasteiger partial charge in [-0.1, -0.05) is 24.9 Å². The zero-order chi connectivity index (χ0) is 14.4. The Balaban J connectivity index is 2.79. The van der Waals surface area contributed by atoms with Gasteiger partial charge < -0.3 is 15.2 Å². The molecule has 0 bridgehead atoms. The molecule has 0 saturated carbocycles. The van der Waals surface area contributed by atoms with Crippen LogP contribution in [0, 0.1) is 3.57 Å². The number of benzene rings is 1. The van der Waals surface area contributed by atoms with E-state index in [-0.39, 0.29) is 12.5 Å². The average Bonchev–Trinajstić information content (AvgIpc) is 2.39. The van der Waals surface area contributed by atoms with Crippen LogP contribution < -0.4 is 10.1 Å². The highest BCUT2D eigenvalue weighted by atomic mass is 127. The second-order valence-electron chi connectivity index (χ2n) is 4.12. The first kappa shape index (κ1) is 16.5. The fourth-order valence-electron chi connectivity index (χ4n) is 1.62. The first-order valence-electron chi connectivity index (χ1n) is 5.98. The molecule has 106 valence electrons. The van der Waals surface area contributed by atoms with Crippen LogP contribution >= 0.6 is 34.2 Å². The Hall–Kier alpha value is -0.530. The van der Waals surface area contributed by atoms with Crippen LogP contribution in [0.15, 0.2) is 12.1 Å². The highest BCUT2D eigenvalue weighted by Gasteiger charge is 2.15. The zero-order valence-corrected chi connectivity index (χ0v) is 13.8. The van der Waals surface area contributed by atoms with Crippen LogP contribution in [0.1, 0.15) is 30.1 Å². The summed E-state index contributed by atoms with van der Waals surface area (Å²) in [6.07, 6.45) is 1.000. The molecule has 0 saturated heterocycles. The maximum Gasteiger partial charge on any atom is 0.255 e. The molecule has 0 aromatic heterocycles. The van der Waals surface area contributed by atoms with E-state index in [0.717, 1.165) is 9.99 Å². The zero-order valence-electron chi connectivity index (χ0n) is 10.9. The standard InChI is InChI=1S/C13H17ClINO3/c1-3-4-8(17)7-16-13(18)9-5-10(14)11(15)6-12(9)19-2/h5-6,8,17H,3-4,7H2,1-2H3,(H,16,18). The molecule has 0 aliphatic rings. The number of aliphatic hydroxyl groups is 1. The van der Waals surface area contributed by atoms with Gasteiger partial charge >= 0.3 is 0 Å².